The van der Waals surface area contributed by atoms with Gasteiger partial charge in [-0.1, -0.05) is 18.2 Å². The van der Waals surface area contributed by atoms with Gasteiger partial charge >= 0.3 is 6.18 Å². The van der Waals surface area contributed by atoms with Crippen molar-refractivity contribution in [2.45, 2.75) is 12.7 Å². The van der Waals surface area contributed by atoms with Crippen molar-refractivity contribution in [1.82, 2.24) is 18.3 Å². The highest BCUT2D eigenvalue weighted by Gasteiger charge is 2.38. The van der Waals surface area contributed by atoms with Gasteiger partial charge in [0.15, 0.2) is 0 Å². The molecule has 0 saturated heterocycles. The maximum absolute atomic E-state index is 13.3. The fourth-order valence-electron chi connectivity index (χ4n) is 2.69. The molecule has 0 fully saturated rings. The summed E-state index contributed by atoms with van der Waals surface area (Å²) in [7, 11) is 0. The molecule has 0 radical (unpaired) electrons. The number of nitrogens with one attached hydrogen (secondary N) is 1. The summed E-state index contributed by atoms with van der Waals surface area (Å²) in [5, 5.41) is 2.60. The largest absolute Gasteiger partial charge is 0.449 e. The molecule has 0 bridgehead atoms. The summed E-state index contributed by atoms with van der Waals surface area (Å²) in [5.41, 5.74) is 1.93. The lowest BCUT2D eigenvalue weighted by Gasteiger charge is -2.12. The van der Waals surface area contributed by atoms with Gasteiger partial charge in [-0.2, -0.15) is 21.9 Å². The predicted octanol–water partition coefficient (Wildman–Crippen LogP) is 3.70. The van der Waals surface area contributed by atoms with Crippen LogP contribution in [0.5, 0.6) is 0 Å². The van der Waals surface area contributed by atoms with Crippen LogP contribution in [0.1, 0.15) is 5.82 Å². The average molecular weight is 377 g/mol. The van der Waals surface area contributed by atoms with Gasteiger partial charge in [-0.05, 0) is 24.3 Å². The van der Waals surface area contributed by atoms with E-state index in [0.29, 0.717) is 16.7 Å². The Bertz CT molecular complexity index is 1120. The molecule has 26 heavy (non-hydrogen) atoms. The Morgan fingerprint density at radius 1 is 1.08 bits per heavy atom. The first-order valence-corrected chi connectivity index (χ1v) is 8.20. The van der Waals surface area contributed by atoms with E-state index in [-0.39, 0.29) is 11.0 Å². The van der Waals surface area contributed by atoms with Crippen molar-refractivity contribution in [2.75, 3.05) is 5.32 Å². The number of imidazole rings is 1. The van der Waals surface area contributed by atoms with Gasteiger partial charge in [0.05, 0.1) is 28.4 Å². The number of aromatic nitrogens is 4. The molecule has 1 amide bonds. The van der Waals surface area contributed by atoms with Crippen LogP contribution in [0.2, 0.25) is 0 Å². The maximum atomic E-state index is 13.3. The van der Waals surface area contributed by atoms with E-state index in [0.717, 1.165) is 16.3 Å². The number of fused-ring (bicyclic) bond motifs is 2. The molecular formula is C16H10F3N5OS. The molecule has 2 aromatic carbocycles. The number of carbonyl (C=O) groups is 1. The zero-order valence-electron chi connectivity index (χ0n) is 13.0. The monoisotopic (exact) mass is 377 g/mol. The van der Waals surface area contributed by atoms with Crippen molar-refractivity contribution >= 4 is 45.4 Å². The van der Waals surface area contributed by atoms with Crippen LogP contribution in [0.15, 0.2) is 42.5 Å². The number of benzene rings is 2. The Kier molecular flexibility index (Phi) is 3.83. The lowest BCUT2D eigenvalue weighted by atomic mass is 10.2. The number of alkyl halides is 3. The van der Waals surface area contributed by atoms with Crippen molar-refractivity contribution in [3.63, 3.8) is 0 Å². The van der Waals surface area contributed by atoms with Crippen molar-refractivity contribution in [1.29, 1.82) is 0 Å². The third-order valence-corrected chi connectivity index (χ3v) is 4.31. The van der Waals surface area contributed by atoms with Crippen LogP contribution in [-0.4, -0.2) is 24.2 Å². The van der Waals surface area contributed by atoms with Gasteiger partial charge in [0.2, 0.25) is 11.7 Å². The summed E-state index contributed by atoms with van der Waals surface area (Å²) in [6.45, 7) is -0.524. The summed E-state index contributed by atoms with van der Waals surface area (Å²) in [5.74, 6) is -1.72. The first-order valence-electron chi connectivity index (χ1n) is 7.47. The van der Waals surface area contributed by atoms with E-state index in [9.17, 15) is 18.0 Å². The number of rotatable bonds is 3. The quantitative estimate of drug-likeness (QED) is 0.591. The Morgan fingerprint density at radius 3 is 2.65 bits per heavy atom. The molecule has 132 valence electrons. The van der Waals surface area contributed by atoms with Crippen LogP contribution in [0, 0.1) is 0 Å². The van der Waals surface area contributed by atoms with Crippen LogP contribution in [0.25, 0.3) is 22.1 Å². The van der Waals surface area contributed by atoms with Crippen LogP contribution in [0.4, 0.5) is 18.9 Å². The molecule has 0 saturated carbocycles. The number of nitrogens with zero attached hydrogens (tertiary/aromatic N) is 4. The Hall–Kier alpha value is -3.01. The first-order chi connectivity index (χ1) is 12.4. The topological polar surface area (TPSA) is 72.7 Å². The molecule has 0 aliphatic carbocycles. The Labute approximate surface area is 148 Å². The molecule has 10 heteroatoms. The van der Waals surface area contributed by atoms with E-state index in [1.807, 2.05) is 0 Å². The van der Waals surface area contributed by atoms with Gasteiger partial charge in [-0.3, -0.25) is 4.79 Å². The van der Waals surface area contributed by atoms with Crippen LogP contribution >= 0.6 is 11.7 Å². The van der Waals surface area contributed by atoms with E-state index < -0.39 is 24.5 Å². The molecule has 0 atom stereocenters. The summed E-state index contributed by atoms with van der Waals surface area (Å²) >= 11 is 0.992. The minimum absolute atomic E-state index is 0.179. The number of carbonyl (C=O) groups excluding carboxylic acids is 1. The predicted molar refractivity (Wildman–Crippen MR) is 90.8 cm³/mol. The van der Waals surface area contributed by atoms with Crippen LogP contribution in [-0.2, 0) is 17.5 Å². The number of para-hydroxylation sites is 2. The van der Waals surface area contributed by atoms with E-state index in [1.165, 1.54) is 12.1 Å². The fourth-order valence-corrected chi connectivity index (χ4v) is 3.24. The van der Waals surface area contributed by atoms with Gasteiger partial charge < -0.3 is 9.88 Å². The summed E-state index contributed by atoms with van der Waals surface area (Å²) in [6.07, 6.45) is -4.67. The molecule has 6 nitrogen and oxygen atoms in total. The molecule has 2 heterocycles. The highest BCUT2D eigenvalue weighted by Crippen LogP contribution is 2.31. The second-order valence-corrected chi connectivity index (χ2v) is 6.02. The van der Waals surface area contributed by atoms with Crippen LogP contribution < -0.4 is 5.32 Å². The van der Waals surface area contributed by atoms with Crippen molar-refractivity contribution in [3.05, 3.63) is 48.3 Å². The Morgan fingerprint density at radius 2 is 1.85 bits per heavy atom. The fraction of sp³-hybridized carbons (Fsp3) is 0.125. The zero-order valence-corrected chi connectivity index (χ0v) is 13.8. The number of anilines is 1. The van der Waals surface area contributed by atoms with E-state index in [4.69, 9.17) is 0 Å². The van der Waals surface area contributed by atoms with E-state index in [1.54, 1.807) is 30.3 Å². The highest BCUT2D eigenvalue weighted by molar-refractivity contribution is 7.00. The van der Waals surface area contributed by atoms with Gasteiger partial charge in [0.25, 0.3) is 0 Å². The molecule has 1 N–H and O–H groups in total. The average Bonchev–Trinajstić information content (AvgIpc) is 3.20. The third-order valence-electron chi connectivity index (χ3n) is 3.77. The number of halogens is 3. The first kappa shape index (κ1) is 16.5. The van der Waals surface area contributed by atoms with Gasteiger partial charge in [0.1, 0.15) is 17.6 Å². The van der Waals surface area contributed by atoms with Gasteiger partial charge in [-0.15, -0.1) is 0 Å². The van der Waals surface area contributed by atoms with Crippen molar-refractivity contribution < 1.29 is 18.0 Å². The van der Waals surface area contributed by atoms with Crippen LogP contribution in [0.3, 0.4) is 0 Å². The molecule has 0 aliphatic heterocycles. The normalized spacial score (nSPS) is 12.0. The second-order valence-electron chi connectivity index (χ2n) is 5.49. The standard InChI is InChI=1S/C16H10F3N5OS/c17-16(18,19)15-21-9-4-1-2-7-12(9)24(15)8-13(25)20-10-5-3-6-11-14(10)23-26-22-11/h1-7H,8H2,(H,20,25). The summed E-state index contributed by atoms with van der Waals surface area (Å²) in [4.78, 5) is 16.0. The lowest BCUT2D eigenvalue weighted by molar-refractivity contribution is -0.147. The van der Waals surface area contributed by atoms with Gasteiger partial charge in [-0.25, -0.2) is 4.98 Å². The van der Waals surface area contributed by atoms with Crippen molar-refractivity contribution in [3.8, 4) is 0 Å². The lowest BCUT2D eigenvalue weighted by Crippen LogP contribution is -2.23. The maximum Gasteiger partial charge on any atom is 0.449 e. The minimum Gasteiger partial charge on any atom is -0.323 e. The zero-order chi connectivity index (χ0) is 18.3. The van der Waals surface area contributed by atoms with Crippen molar-refractivity contribution in [2.24, 2.45) is 0 Å². The molecule has 0 unspecified atom stereocenters. The number of amides is 1. The van der Waals surface area contributed by atoms with Gasteiger partial charge in [0, 0.05) is 0 Å². The smallest absolute Gasteiger partial charge is 0.323 e. The molecule has 0 aliphatic rings. The number of hydrogen-bond acceptors (Lipinski definition) is 5. The molecule has 4 aromatic rings. The third kappa shape index (κ3) is 2.88. The highest BCUT2D eigenvalue weighted by atomic mass is 32.1. The summed E-state index contributed by atoms with van der Waals surface area (Å²) in [6, 6.07) is 11.2. The molecule has 4 rings (SSSR count). The minimum atomic E-state index is -4.67. The Balaban J connectivity index is 1.68. The number of hydrogen-bond donors (Lipinski definition) is 1. The second kappa shape index (κ2) is 6.06. The molecule has 2 aromatic heterocycles. The molecular weight excluding hydrogens is 367 g/mol. The summed E-state index contributed by atoms with van der Waals surface area (Å²) < 4.78 is 48.9. The molecule has 0 spiro atoms. The SMILES string of the molecule is O=C(Cn1c(C(F)(F)F)nc2ccccc21)Nc1cccc2nsnc12. The van der Waals surface area contributed by atoms with E-state index >= 15 is 0 Å². The van der Waals surface area contributed by atoms with E-state index in [2.05, 4.69) is 19.0 Å².